The first-order chi connectivity index (χ1) is 9.82. The Morgan fingerprint density at radius 1 is 1.48 bits per heavy atom. The lowest BCUT2D eigenvalue weighted by molar-refractivity contribution is 0.0715. The normalized spacial score (nSPS) is 19.5. The fourth-order valence-corrected chi connectivity index (χ4v) is 3.32. The zero-order chi connectivity index (χ0) is 15.6. The standard InChI is InChI=1S/C15H24N4OS/c1-10-9-21-6-5-19(10)14(20)11-7-12(15(2,3)4)17-13(8-11)18-16/h7-8,10H,5-6,9,16H2,1-4H3,(H,17,18). The fraction of sp³-hybridized carbons (Fsp3) is 0.600. The molecule has 0 saturated carbocycles. The van der Waals surface area contributed by atoms with Gasteiger partial charge in [0.25, 0.3) is 5.91 Å². The fourth-order valence-electron chi connectivity index (χ4n) is 2.31. The molecule has 0 bridgehead atoms. The van der Waals surface area contributed by atoms with Crippen LogP contribution in [-0.4, -0.2) is 39.9 Å². The number of hydrazine groups is 1. The van der Waals surface area contributed by atoms with Crippen LogP contribution in [0.1, 0.15) is 43.7 Å². The van der Waals surface area contributed by atoms with Crippen molar-refractivity contribution in [3.8, 4) is 0 Å². The van der Waals surface area contributed by atoms with E-state index in [0.717, 1.165) is 23.7 Å². The van der Waals surface area contributed by atoms with Gasteiger partial charge in [-0.1, -0.05) is 20.8 Å². The molecule has 21 heavy (non-hydrogen) atoms. The van der Waals surface area contributed by atoms with E-state index in [4.69, 9.17) is 5.84 Å². The number of aromatic nitrogens is 1. The first kappa shape index (κ1) is 16.1. The highest BCUT2D eigenvalue weighted by Gasteiger charge is 2.26. The summed E-state index contributed by atoms with van der Waals surface area (Å²) in [6, 6.07) is 3.88. The molecule has 1 aliphatic heterocycles. The molecule has 116 valence electrons. The Balaban J connectivity index is 2.36. The molecule has 0 spiro atoms. The summed E-state index contributed by atoms with van der Waals surface area (Å²) in [6.45, 7) is 9.11. The topological polar surface area (TPSA) is 71.2 Å². The Hall–Kier alpha value is -1.27. The average molecular weight is 308 g/mol. The maximum Gasteiger partial charge on any atom is 0.254 e. The van der Waals surface area contributed by atoms with Crippen LogP contribution in [0.4, 0.5) is 5.82 Å². The van der Waals surface area contributed by atoms with E-state index in [9.17, 15) is 4.79 Å². The Kier molecular flexibility index (Phi) is 4.78. The molecule has 0 aliphatic carbocycles. The number of hydrogen-bond donors (Lipinski definition) is 2. The van der Waals surface area contributed by atoms with E-state index in [1.54, 1.807) is 6.07 Å². The molecule has 3 N–H and O–H groups in total. The summed E-state index contributed by atoms with van der Waals surface area (Å²) < 4.78 is 0. The van der Waals surface area contributed by atoms with Crippen LogP contribution < -0.4 is 11.3 Å². The van der Waals surface area contributed by atoms with E-state index in [1.807, 2.05) is 22.7 Å². The highest BCUT2D eigenvalue weighted by atomic mass is 32.2. The summed E-state index contributed by atoms with van der Waals surface area (Å²) in [5.41, 5.74) is 3.94. The highest BCUT2D eigenvalue weighted by molar-refractivity contribution is 7.99. The minimum absolute atomic E-state index is 0.0622. The Morgan fingerprint density at radius 3 is 2.76 bits per heavy atom. The van der Waals surface area contributed by atoms with E-state index in [2.05, 4.69) is 38.1 Å². The van der Waals surface area contributed by atoms with Gasteiger partial charge in [-0.3, -0.25) is 4.79 Å². The summed E-state index contributed by atoms with van der Waals surface area (Å²) in [5.74, 6) is 8.08. The van der Waals surface area contributed by atoms with Gasteiger partial charge in [0.2, 0.25) is 0 Å². The third-order valence-electron chi connectivity index (χ3n) is 3.62. The lowest BCUT2D eigenvalue weighted by Crippen LogP contribution is -2.44. The van der Waals surface area contributed by atoms with Gasteiger partial charge in [-0.05, 0) is 19.1 Å². The van der Waals surface area contributed by atoms with E-state index in [-0.39, 0.29) is 17.4 Å². The van der Waals surface area contributed by atoms with E-state index < -0.39 is 0 Å². The summed E-state index contributed by atoms with van der Waals surface area (Å²) in [5, 5.41) is 0. The number of carbonyl (C=O) groups excluding carboxylic acids is 1. The van der Waals surface area contributed by atoms with Gasteiger partial charge in [-0.25, -0.2) is 10.8 Å². The quantitative estimate of drug-likeness (QED) is 0.647. The van der Waals surface area contributed by atoms with Crippen LogP contribution in [0.3, 0.4) is 0 Å². The summed E-state index contributed by atoms with van der Waals surface area (Å²) in [4.78, 5) is 19.2. The molecular weight excluding hydrogens is 284 g/mol. The van der Waals surface area contributed by atoms with Crippen molar-refractivity contribution in [2.75, 3.05) is 23.5 Å². The molecule has 1 unspecified atom stereocenters. The lowest BCUT2D eigenvalue weighted by Gasteiger charge is -2.33. The van der Waals surface area contributed by atoms with Crippen molar-refractivity contribution in [2.45, 2.75) is 39.2 Å². The van der Waals surface area contributed by atoms with Crippen molar-refractivity contribution < 1.29 is 4.79 Å². The van der Waals surface area contributed by atoms with Crippen LogP contribution in [0.15, 0.2) is 12.1 Å². The predicted octanol–water partition coefficient (Wildman–Crippen LogP) is 2.24. The first-order valence-corrected chi connectivity index (χ1v) is 8.36. The second-order valence-electron chi connectivity index (χ2n) is 6.44. The number of pyridine rings is 1. The maximum atomic E-state index is 12.8. The van der Waals surface area contributed by atoms with Crippen molar-refractivity contribution in [3.05, 3.63) is 23.4 Å². The van der Waals surface area contributed by atoms with Gasteiger partial charge < -0.3 is 10.3 Å². The largest absolute Gasteiger partial charge is 0.334 e. The molecule has 1 fully saturated rings. The molecule has 6 heteroatoms. The molecule has 1 saturated heterocycles. The second kappa shape index (κ2) is 6.23. The average Bonchev–Trinajstić information content (AvgIpc) is 2.45. The molecular formula is C15H24N4OS. The van der Waals surface area contributed by atoms with Gasteiger partial charge in [0.15, 0.2) is 0 Å². The van der Waals surface area contributed by atoms with E-state index in [1.165, 1.54) is 0 Å². The molecule has 0 aromatic carbocycles. The molecule has 5 nitrogen and oxygen atoms in total. The minimum atomic E-state index is -0.134. The Labute approximate surface area is 130 Å². The zero-order valence-electron chi connectivity index (χ0n) is 13.1. The number of hydrogen-bond acceptors (Lipinski definition) is 5. The summed E-state index contributed by atoms with van der Waals surface area (Å²) >= 11 is 1.90. The van der Waals surface area contributed by atoms with Crippen molar-refractivity contribution in [1.29, 1.82) is 0 Å². The summed E-state index contributed by atoms with van der Waals surface area (Å²) in [7, 11) is 0. The number of amides is 1. The number of rotatable bonds is 2. The predicted molar refractivity (Wildman–Crippen MR) is 88.6 cm³/mol. The second-order valence-corrected chi connectivity index (χ2v) is 7.59. The molecule has 2 heterocycles. The van der Waals surface area contributed by atoms with Crippen LogP contribution >= 0.6 is 11.8 Å². The molecule has 1 amide bonds. The number of anilines is 1. The van der Waals surface area contributed by atoms with Gasteiger partial charge in [-0.2, -0.15) is 11.8 Å². The van der Waals surface area contributed by atoms with E-state index >= 15 is 0 Å². The van der Waals surface area contributed by atoms with E-state index in [0.29, 0.717) is 11.4 Å². The number of nitrogen functional groups attached to an aromatic ring is 1. The Morgan fingerprint density at radius 2 is 2.19 bits per heavy atom. The third kappa shape index (κ3) is 3.68. The number of thioether (sulfide) groups is 1. The molecule has 1 atom stereocenters. The molecule has 1 aromatic rings. The van der Waals surface area contributed by atoms with Crippen LogP contribution in [0.5, 0.6) is 0 Å². The lowest BCUT2D eigenvalue weighted by atomic mass is 9.90. The maximum absolute atomic E-state index is 12.8. The molecule has 1 aromatic heterocycles. The van der Waals surface area contributed by atoms with Gasteiger partial charge in [-0.15, -0.1) is 0 Å². The first-order valence-electron chi connectivity index (χ1n) is 7.21. The molecule has 2 rings (SSSR count). The van der Waals surface area contributed by atoms with Crippen LogP contribution in [0.2, 0.25) is 0 Å². The van der Waals surface area contributed by atoms with Crippen molar-refractivity contribution >= 4 is 23.5 Å². The van der Waals surface area contributed by atoms with Crippen molar-refractivity contribution in [3.63, 3.8) is 0 Å². The minimum Gasteiger partial charge on any atom is -0.334 e. The van der Waals surface area contributed by atoms with Gasteiger partial charge >= 0.3 is 0 Å². The number of carbonyl (C=O) groups is 1. The Bertz CT molecular complexity index is 527. The zero-order valence-corrected chi connectivity index (χ0v) is 14.0. The smallest absolute Gasteiger partial charge is 0.254 e. The highest BCUT2D eigenvalue weighted by Crippen LogP contribution is 2.25. The van der Waals surface area contributed by atoms with Gasteiger partial charge in [0.1, 0.15) is 5.82 Å². The number of nitrogens with zero attached hydrogens (tertiary/aromatic N) is 2. The SMILES string of the molecule is CC1CSCCN1C(=O)c1cc(NN)nc(C(C)(C)C)c1. The third-order valence-corrected chi connectivity index (χ3v) is 4.81. The number of nitrogens with two attached hydrogens (primary N) is 1. The number of nitrogens with one attached hydrogen (secondary N) is 1. The van der Waals surface area contributed by atoms with Crippen LogP contribution in [-0.2, 0) is 5.41 Å². The van der Waals surface area contributed by atoms with Gasteiger partial charge in [0, 0.05) is 40.8 Å². The summed E-state index contributed by atoms with van der Waals surface area (Å²) in [6.07, 6.45) is 0. The van der Waals surface area contributed by atoms with Crippen LogP contribution in [0.25, 0.3) is 0 Å². The van der Waals surface area contributed by atoms with Crippen LogP contribution in [0, 0.1) is 0 Å². The van der Waals surface area contributed by atoms with Crippen molar-refractivity contribution in [2.24, 2.45) is 5.84 Å². The van der Waals surface area contributed by atoms with Gasteiger partial charge in [0.05, 0.1) is 0 Å². The van der Waals surface area contributed by atoms with Crippen molar-refractivity contribution in [1.82, 2.24) is 9.88 Å². The monoisotopic (exact) mass is 308 g/mol. The molecule has 0 radical (unpaired) electrons. The molecule has 1 aliphatic rings.